The number of hydrogen-bond donors (Lipinski definition) is 2. The molecule has 3 rings (SSSR count). The van der Waals surface area contributed by atoms with Gasteiger partial charge < -0.3 is 10.6 Å². The standard InChI is InChI=1S/C18H15FN4O2S/c19-13-7-8-15(20-10-13)22-17(25)14-11-26-18(21-14)23-16(24)9-6-12-4-2-1-3-5-12/h1-5,7-8,10-11H,6,9H2,(H,20,22,25)(H,21,23,24). The van der Waals surface area contributed by atoms with Gasteiger partial charge in [-0.1, -0.05) is 30.3 Å². The van der Waals surface area contributed by atoms with E-state index in [1.54, 1.807) is 0 Å². The number of aryl methyl sites for hydroxylation is 1. The number of nitrogens with zero attached hydrogens (tertiary/aromatic N) is 2. The summed E-state index contributed by atoms with van der Waals surface area (Å²) in [6.45, 7) is 0. The van der Waals surface area contributed by atoms with Gasteiger partial charge in [-0.2, -0.15) is 0 Å². The Balaban J connectivity index is 1.52. The number of pyridine rings is 1. The summed E-state index contributed by atoms with van der Waals surface area (Å²) >= 11 is 1.16. The van der Waals surface area contributed by atoms with Crippen molar-refractivity contribution in [2.24, 2.45) is 0 Å². The van der Waals surface area contributed by atoms with Crippen LogP contribution in [-0.4, -0.2) is 21.8 Å². The molecule has 0 aliphatic rings. The van der Waals surface area contributed by atoms with Gasteiger partial charge in [-0.05, 0) is 24.1 Å². The van der Waals surface area contributed by atoms with Crippen molar-refractivity contribution in [3.63, 3.8) is 0 Å². The Bertz CT molecular complexity index is 897. The number of rotatable bonds is 6. The molecule has 0 bridgehead atoms. The number of thiazole rings is 1. The van der Waals surface area contributed by atoms with E-state index in [-0.39, 0.29) is 17.4 Å². The molecule has 0 radical (unpaired) electrons. The van der Waals surface area contributed by atoms with Gasteiger partial charge in [0.05, 0.1) is 6.20 Å². The van der Waals surface area contributed by atoms with Gasteiger partial charge in [-0.25, -0.2) is 14.4 Å². The lowest BCUT2D eigenvalue weighted by Gasteiger charge is -2.02. The first-order chi connectivity index (χ1) is 12.6. The summed E-state index contributed by atoms with van der Waals surface area (Å²) < 4.78 is 12.8. The van der Waals surface area contributed by atoms with E-state index >= 15 is 0 Å². The zero-order valence-electron chi connectivity index (χ0n) is 13.6. The maximum absolute atomic E-state index is 12.8. The van der Waals surface area contributed by atoms with Crippen LogP contribution in [0, 0.1) is 5.82 Å². The number of aromatic nitrogens is 2. The smallest absolute Gasteiger partial charge is 0.276 e. The highest BCUT2D eigenvalue weighted by atomic mass is 32.1. The van der Waals surface area contributed by atoms with E-state index in [4.69, 9.17) is 0 Å². The minimum atomic E-state index is -0.489. The molecule has 0 atom stereocenters. The third-order valence-corrected chi connectivity index (χ3v) is 4.19. The summed E-state index contributed by atoms with van der Waals surface area (Å²) in [5.41, 5.74) is 1.23. The Labute approximate surface area is 153 Å². The minimum Gasteiger partial charge on any atom is -0.305 e. The maximum Gasteiger partial charge on any atom is 0.276 e. The van der Waals surface area contributed by atoms with Crippen molar-refractivity contribution in [3.05, 3.63) is 71.1 Å². The van der Waals surface area contributed by atoms with Crippen molar-refractivity contribution in [2.75, 3.05) is 10.6 Å². The first-order valence-corrected chi connectivity index (χ1v) is 8.70. The van der Waals surface area contributed by atoms with Crippen LogP contribution in [0.3, 0.4) is 0 Å². The highest BCUT2D eigenvalue weighted by Gasteiger charge is 2.13. The molecular weight excluding hydrogens is 355 g/mol. The van der Waals surface area contributed by atoms with Gasteiger partial charge in [0.1, 0.15) is 17.3 Å². The predicted octanol–water partition coefficient (Wildman–Crippen LogP) is 3.50. The molecule has 0 unspecified atom stereocenters. The molecule has 0 aliphatic carbocycles. The van der Waals surface area contributed by atoms with Crippen LogP contribution in [0.25, 0.3) is 0 Å². The molecule has 0 saturated heterocycles. The van der Waals surface area contributed by atoms with Crippen LogP contribution in [0.15, 0.2) is 54.0 Å². The van der Waals surface area contributed by atoms with Gasteiger partial charge in [-0.3, -0.25) is 9.59 Å². The third-order valence-electron chi connectivity index (χ3n) is 3.44. The van der Waals surface area contributed by atoms with E-state index in [1.165, 1.54) is 17.5 Å². The molecule has 2 heterocycles. The highest BCUT2D eigenvalue weighted by Crippen LogP contribution is 2.17. The molecule has 0 aliphatic heterocycles. The van der Waals surface area contributed by atoms with Crippen LogP contribution in [0.2, 0.25) is 0 Å². The fourth-order valence-electron chi connectivity index (χ4n) is 2.15. The normalized spacial score (nSPS) is 10.3. The number of halogens is 1. The molecule has 0 saturated carbocycles. The Morgan fingerprint density at radius 2 is 1.88 bits per heavy atom. The van der Waals surface area contributed by atoms with Crippen molar-refractivity contribution in [1.82, 2.24) is 9.97 Å². The number of hydrogen-bond acceptors (Lipinski definition) is 5. The number of nitrogens with one attached hydrogen (secondary N) is 2. The van der Waals surface area contributed by atoms with E-state index < -0.39 is 11.7 Å². The van der Waals surface area contributed by atoms with Crippen molar-refractivity contribution >= 4 is 34.1 Å². The third kappa shape index (κ3) is 4.93. The molecule has 2 N–H and O–H groups in total. The highest BCUT2D eigenvalue weighted by molar-refractivity contribution is 7.14. The van der Waals surface area contributed by atoms with Crippen LogP contribution in [-0.2, 0) is 11.2 Å². The first-order valence-electron chi connectivity index (χ1n) is 7.82. The first kappa shape index (κ1) is 17.7. The second-order valence-corrected chi connectivity index (χ2v) is 6.25. The van der Waals surface area contributed by atoms with Gasteiger partial charge in [-0.15, -0.1) is 11.3 Å². The number of carbonyl (C=O) groups excluding carboxylic acids is 2. The summed E-state index contributed by atoms with van der Waals surface area (Å²) in [7, 11) is 0. The van der Waals surface area contributed by atoms with Crippen LogP contribution >= 0.6 is 11.3 Å². The number of carbonyl (C=O) groups is 2. The van der Waals surface area contributed by atoms with Gasteiger partial charge in [0.25, 0.3) is 5.91 Å². The van der Waals surface area contributed by atoms with Crippen molar-refractivity contribution in [3.8, 4) is 0 Å². The van der Waals surface area contributed by atoms with Crippen LogP contribution < -0.4 is 10.6 Å². The van der Waals surface area contributed by atoms with Crippen LogP contribution in [0.1, 0.15) is 22.5 Å². The van der Waals surface area contributed by atoms with Gasteiger partial charge >= 0.3 is 0 Å². The van der Waals surface area contributed by atoms with E-state index in [9.17, 15) is 14.0 Å². The largest absolute Gasteiger partial charge is 0.305 e. The summed E-state index contributed by atoms with van der Waals surface area (Å²) in [6, 6.07) is 12.2. The molecule has 132 valence electrons. The fraction of sp³-hybridized carbons (Fsp3) is 0.111. The summed E-state index contributed by atoms with van der Waals surface area (Å²) in [5.74, 6) is -0.921. The van der Waals surface area contributed by atoms with E-state index in [0.717, 1.165) is 23.1 Å². The monoisotopic (exact) mass is 370 g/mol. The molecule has 0 spiro atoms. The van der Waals surface area contributed by atoms with Crippen molar-refractivity contribution in [2.45, 2.75) is 12.8 Å². The Kier molecular flexibility index (Phi) is 5.65. The zero-order chi connectivity index (χ0) is 18.4. The topological polar surface area (TPSA) is 84.0 Å². The second-order valence-electron chi connectivity index (χ2n) is 5.39. The summed E-state index contributed by atoms with van der Waals surface area (Å²) in [4.78, 5) is 31.9. The molecule has 2 aromatic heterocycles. The number of amides is 2. The SMILES string of the molecule is O=C(CCc1ccccc1)Nc1nc(C(=O)Nc2ccc(F)cn2)cs1. The number of benzene rings is 1. The minimum absolute atomic E-state index is 0.152. The molecule has 8 heteroatoms. The van der Waals surface area contributed by atoms with Gasteiger partial charge in [0, 0.05) is 11.8 Å². The van der Waals surface area contributed by atoms with E-state index in [1.807, 2.05) is 30.3 Å². The quantitative estimate of drug-likeness (QED) is 0.696. The Morgan fingerprint density at radius 1 is 1.08 bits per heavy atom. The van der Waals surface area contributed by atoms with E-state index in [2.05, 4.69) is 20.6 Å². The zero-order valence-corrected chi connectivity index (χ0v) is 14.4. The Morgan fingerprint density at radius 3 is 2.62 bits per heavy atom. The maximum atomic E-state index is 12.8. The molecule has 0 fully saturated rings. The van der Waals surface area contributed by atoms with Crippen LogP contribution in [0.4, 0.5) is 15.3 Å². The molecule has 2 amide bonds. The lowest BCUT2D eigenvalue weighted by molar-refractivity contribution is -0.116. The Hall–Kier alpha value is -3.13. The molecule has 1 aromatic carbocycles. The van der Waals surface area contributed by atoms with Crippen LogP contribution in [0.5, 0.6) is 0 Å². The lowest BCUT2D eigenvalue weighted by atomic mass is 10.1. The summed E-state index contributed by atoms with van der Waals surface area (Å²) in [5, 5.41) is 7.08. The molecule has 3 aromatic rings. The van der Waals surface area contributed by atoms with Gasteiger partial charge in [0.15, 0.2) is 5.13 Å². The predicted molar refractivity (Wildman–Crippen MR) is 97.7 cm³/mol. The second kappa shape index (κ2) is 8.30. The average molecular weight is 370 g/mol. The summed E-state index contributed by atoms with van der Waals surface area (Å²) in [6.07, 6.45) is 1.96. The molecule has 6 nitrogen and oxygen atoms in total. The van der Waals surface area contributed by atoms with Gasteiger partial charge in [0.2, 0.25) is 5.91 Å². The van der Waals surface area contributed by atoms with E-state index in [0.29, 0.717) is 18.0 Å². The lowest BCUT2D eigenvalue weighted by Crippen LogP contribution is -2.15. The van der Waals surface area contributed by atoms with Crippen molar-refractivity contribution < 1.29 is 14.0 Å². The molecular formula is C18H15FN4O2S. The fourth-order valence-corrected chi connectivity index (χ4v) is 2.86. The molecule has 26 heavy (non-hydrogen) atoms. The number of anilines is 2. The van der Waals surface area contributed by atoms with Crippen molar-refractivity contribution in [1.29, 1.82) is 0 Å². The average Bonchev–Trinajstić information content (AvgIpc) is 3.11.